The van der Waals surface area contributed by atoms with E-state index in [9.17, 15) is 4.79 Å². The van der Waals surface area contributed by atoms with Crippen LogP contribution < -0.4 is 5.32 Å². The summed E-state index contributed by atoms with van der Waals surface area (Å²) in [6, 6.07) is 0. The van der Waals surface area contributed by atoms with E-state index < -0.39 is 14.2 Å². The van der Waals surface area contributed by atoms with E-state index in [1.54, 1.807) is 0 Å². The van der Waals surface area contributed by atoms with Gasteiger partial charge in [0.25, 0.3) is 0 Å². The van der Waals surface area contributed by atoms with Gasteiger partial charge in [-0.1, -0.05) is 26.2 Å². The molecule has 0 aliphatic rings. The molecule has 0 spiro atoms. The summed E-state index contributed by atoms with van der Waals surface area (Å²) in [5.74, 6) is 0. The predicted octanol–water partition coefficient (Wildman–Crippen LogP) is 1.73. The summed E-state index contributed by atoms with van der Waals surface area (Å²) < 4.78 is 4.89. The Morgan fingerprint density at radius 2 is 2.18 bits per heavy atom. The van der Waals surface area contributed by atoms with Crippen molar-refractivity contribution < 1.29 is 9.53 Å². The van der Waals surface area contributed by atoms with Crippen LogP contribution >= 0.6 is 0 Å². The van der Waals surface area contributed by atoms with Crippen molar-refractivity contribution in [1.82, 2.24) is 5.32 Å². The molecule has 0 bridgehead atoms. The SMILES string of the molecule is C=CNC(=O)OC[Si](C)(C)C. The van der Waals surface area contributed by atoms with E-state index in [0.717, 1.165) is 0 Å². The molecule has 0 aliphatic heterocycles. The van der Waals surface area contributed by atoms with Crippen LogP contribution in [0, 0.1) is 0 Å². The highest BCUT2D eigenvalue weighted by molar-refractivity contribution is 6.76. The first-order valence-electron chi connectivity index (χ1n) is 3.50. The zero-order valence-electron chi connectivity index (χ0n) is 7.31. The number of carbonyl (C=O) groups excluding carboxylic acids is 1. The minimum absolute atomic E-state index is 0.414. The summed E-state index contributed by atoms with van der Waals surface area (Å²) in [5, 5.41) is 2.34. The van der Waals surface area contributed by atoms with Gasteiger partial charge in [0, 0.05) is 0 Å². The third-order valence-corrected chi connectivity index (χ3v) is 1.87. The number of ether oxygens (including phenoxy) is 1. The second-order valence-electron chi connectivity index (χ2n) is 3.49. The van der Waals surface area contributed by atoms with Crippen LogP contribution in [0.15, 0.2) is 12.8 Å². The van der Waals surface area contributed by atoms with Crippen LogP contribution in [-0.2, 0) is 4.74 Å². The lowest BCUT2D eigenvalue weighted by atomic mass is 10.9. The Morgan fingerprint density at radius 3 is 2.55 bits per heavy atom. The maximum Gasteiger partial charge on any atom is 0.410 e. The normalized spacial score (nSPS) is 10.5. The summed E-state index contributed by atoms with van der Waals surface area (Å²) in [6.07, 6.45) is 1.45. The topological polar surface area (TPSA) is 38.3 Å². The molecule has 0 aromatic heterocycles. The van der Waals surface area contributed by atoms with Crippen molar-refractivity contribution in [2.45, 2.75) is 19.6 Å². The lowest BCUT2D eigenvalue weighted by Gasteiger charge is -2.14. The number of rotatable bonds is 3. The highest BCUT2D eigenvalue weighted by Crippen LogP contribution is 2.00. The molecule has 0 saturated heterocycles. The Labute approximate surface area is 68.4 Å². The zero-order chi connectivity index (χ0) is 8.91. The number of alkyl carbamates (subject to hydrolysis) is 1. The molecule has 0 aromatic carbocycles. The van der Waals surface area contributed by atoms with Gasteiger partial charge in [-0.05, 0) is 6.20 Å². The van der Waals surface area contributed by atoms with Gasteiger partial charge in [-0.3, -0.25) is 5.32 Å². The van der Waals surface area contributed by atoms with Gasteiger partial charge in [0.1, 0.15) is 0 Å². The van der Waals surface area contributed by atoms with Gasteiger partial charge >= 0.3 is 6.09 Å². The monoisotopic (exact) mass is 173 g/mol. The van der Waals surface area contributed by atoms with Crippen molar-refractivity contribution >= 4 is 14.2 Å². The van der Waals surface area contributed by atoms with Gasteiger partial charge < -0.3 is 4.74 Å². The molecule has 0 atom stereocenters. The molecule has 0 saturated carbocycles. The maximum atomic E-state index is 10.7. The third kappa shape index (κ3) is 7.12. The average molecular weight is 173 g/mol. The Balaban J connectivity index is 3.54. The Bertz CT molecular complexity index is 151. The molecule has 0 unspecified atom stereocenters. The Kier molecular flexibility index (Phi) is 3.88. The highest BCUT2D eigenvalue weighted by atomic mass is 28.3. The fraction of sp³-hybridized carbons (Fsp3) is 0.571. The molecule has 3 nitrogen and oxygen atoms in total. The van der Waals surface area contributed by atoms with Crippen molar-refractivity contribution in [2.24, 2.45) is 0 Å². The first kappa shape index (κ1) is 10.2. The first-order valence-corrected chi connectivity index (χ1v) is 7.20. The number of carbonyl (C=O) groups is 1. The molecule has 0 aliphatic carbocycles. The second-order valence-corrected chi connectivity index (χ2v) is 8.90. The van der Waals surface area contributed by atoms with Gasteiger partial charge in [0.2, 0.25) is 0 Å². The van der Waals surface area contributed by atoms with Crippen molar-refractivity contribution in [2.75, 3.05) is 6.23 Å². The van der Waals surface area contributed by atoms with E-state index >= 15 is 0 Å². The molecular weight excluding hydrogens is 158 g/mol. The van der Waals surface area contributed by atoms with Crippen molar-refractivity contribution in [1.29, 1.82) is 0 Å². The molecule has 11 heavy (non-hydrogen) atoms. The molecule has 0 fully saturated rings. The van der Waals surface area contributed by atoms with Gasteiger partial charge in [-0.2, -0.15) is 0 Å². The molecule has 0 heterocycles. The van der Waals surface area contributed by atoms with E-state index in [4.69, 9.17) is 4.74 Å². The van der Waals surface area contributed by atoms with Crippen molar-refractivity contribution in [3.8, 4) is 0 Å². The number of amides is 1. The van der Waals surface area contributed by atoms with Crippen molar-refractivity contribution in [3.63, 3.8) is 0 Å². The minimum atomic E-state index is -1.27. The third-order valence-electron chi connectivity index (χ3n) is 0.856. The molecule has 64 valence electrons. The van der Waals surface area contributed by atoms with Crippen molar-refractivity contribution in [3.05, 3.63) is 12.8 Å². The van der Waals surface area contributed by atoms with E-state index in [-0.39, 0.29) is 0 Å². The average Bonchev–Trinajstić information content (AvgIpc) is 1.83. The first-order chi connectivity index (χ1) is 4.95. The summed E-state index contributed by atoms with van der Waals surface area (Å²) in [5.41, 5.74) is 0. The highest BCUT2D eigenvalue weighted by Gasteiger charge is 2.15. The van der Waals surface area contributed by atoms with Gasteiger partial charge in [0.05, 0.1) is 14.3 Å². The van der Waals surface area contributed by atoms with Crippen LogP contribution in [-0.4, -0.2) is 20.4 Å². The second kappa shape index (κ2) is 4.18. The molecule has 1 N–H and O–H groups in total. The summed E-state index contributed by atoms with van der Waals surface area (Å²) >= 11 is 0. The van der Waals surface area contributed by atoms with Gasteiger partial charge in [-0.15, -0.1) is 0 Å². The van der Waals surface area contributed by atoms with E-state index in [1.165, 1.54) is 6.20 Å². The summed E-state index contributed by atoms with van der Waals surface area (Å²) in [4.78, 5) is 10.7. The predicted molar refractivity (Wildman–Crippen MR) is 48.0 cm³/mol. The van der Waals surface area contributed by atoms with Gasteiger partial charge in [0.15, 0.2) is 0 Å². The zero-order valence-corrected chi connectivity index (χ0v) is 8.31. The summed E-state index contributed by atoms with van der Waals surface area (Å²) in [7, 11) is -1.27. The lowest BCUT2D eigenvalue weighted by Crippen LogP contribution is -2.32. The van der Waals surface area contributed by atoms with Crippen LogP contribution in [0.4, 0.5) is 4.79 Å². The van der Waals surface area contributed by atoms with Crippen LogP contribution in [0.5, 0.6) is 0 Å². The van der Waals surface area contributed by atoms with Crippen LogP contribution in [0.2, 0.25) is 19.6 Å². The standard InChI is InChI=1S/C7H15NO2Si/c1-5-8-7(9)10-6-11(2,3)4/h5H,1,6H2,2-4H3,(H,8,9). The Morgan fingerprint density at radius 1 is 1.64 bits per heavy atom. The fourth-order valence-corrected chi connectivity index (χ4v) is 0.971. The number of hydrogen-bond donors (Lipinski definition) is 1. The number of hydrogen-bond acceptors (Lipinski definition) is 2. The van der Waals surface area contributed by atoms with E-state index in [1.807, 2.05) is 0 Å². The van der Waals surface area contributed by atoms with E-state index in [2.05, 4.69) is 31.5 Å². The summed E-state index contributed by atoms with van der Waals surface area (Å²) in [6.45, 7) is 9.74. The number of nitrogens with one attached hydrogen (secondary N) is 1. The molecule has 1 amide bonds. The van der Waals surface area contributed by atoms with Crippen LogP contribution in [0.25, 0.3) is 0 Å². The largest absolute Gasteiger partial charge is 0.453 e. The fourth-order valence-electron chi connectivity index (χ4n) is 0.407. The molecule has 4 heteroatoms. The van der Waals surface area contributed by atoms with Crippen LogP contribution in [0.3, 0.4) is 0 Å². The lowest BCUT2D eigenvalue weighted by molar-refractivity contribution is 0.166. The molecule has 0 aromatic rings. The quantitative estimate of drug-likeness (QED) is 0.660. The van der Waals surface area contributed by atoms with Crippen LogP contribution in [0.1, 0.15) is 0 Å². The Hall–Kier alpha value is -0.773. The smallest absolute Gasteiger partial charge is 0.410 e. The molecular formula is C7H15NO2Si. The molecule has 0 rings (SSSR count). The van der Waals surface area contributed by atoms with Gasteiger partial charge in [-0.25, -0.2) is 4.79 Å². The van der Waals surface area contributed by atoms with E-state index in [0.29, 0.717) is 6.23 Å². The maximum absolute atomic E-state index is 10.7. The minimum Gasteiger partial charge on any atom is -0.453 e. The molecule has 0 radical (unpaired) electrons.